The SMILES string of the molecule is Cc1cc(NC2CN(Cc3ccccc3)CCC2CO)ncn1. The van der Waals surface area contributed by atoms with E-state index >= 15 is 0 Å². The van der Waals surface area contributed by atoms with Crippen molar-refractivity contribution in [2.45, 2.75) is 25.9 Å². The van der Waals surface area contributed by atoms with E-state index in [1.807, 2.05) is 19.1 Å². The second kappa shape index (κ2) is 7.53. The highest BCUT2D eigenvalue weighted by Crippen LogP contribution is 2.22. The number of aliphatic hydroxyl groups is 1. The summed E-state index contributed by atoms with van der Waals surface area (Å²) in [6.07, 6.45) is 2.57. The van der Waals surface area contributed by atoms with Crippen molar-refractivity contribution < 1.29 is 5.11 Å². The Hall–Kier alpha value is -1.98. The van der Waals surface area contributed by atoms with Crippen LogP contribution in [0.1, 0.15) is 17.7 Å². The molecule has 5 nitrogen and oxygen atoms in total. The van der Waals surface area contributed by atoms with E-state index in [4.69, 9.17) is 0 Å². The van der Waals surface area contributed by atoms with Crippen LogP contribution in [-0.4, -0.2) is 45.7 Å². The lowest BCUT2D eigenvalue weighted by molar-refractivity contribution is 0.115. The largest absolute Gasteiger partial charge is 0.396 e. The average molecular weight is 312 g/mol. The minimum absolute atomic E-state index is 0.201. The van der Waals surface area contributed by atoms with Gasteiger partial charge in [0.15, 0.2) is 0 Å². The number of rotatable bonds is 5. The van der Waals surface area contributed by atoms with E-state index in [9.17, 15) is 5.11 Å². The first-order valence-corrected chi connectivity index (χ1v) is 8.17. The molecule has 2 N–H and O–H groups in total. The maximum absolute atomic E-state index is 9.68. The van der Waals surface area contributed by atoms with Gasteiger partial charge in [-0.15, -0.1) is 0 Å². The van der Waals surface area contributed by atoms with Crippen LogP contribution in [0, 0.1) is 12.8 Å². The van der Waals surface area contributed by atoms with Gasteiger partial charge >= 0.3 is 0 Å². The molecule has 2 unspecified atom stereocenters. The van der Waals surface area contributed by atoms with Gasteiger partial charge in [-0.25, -0.2) is 9.97 Å². The number of nitrogens with one attached hydrogen (secondary N) is 1. The van der Waals surface area contributed by atoms with Gasteiger partial charge in [0.1, 0.15) is 12.1 Å². The van der Waals surface area contributed by atoms with Crippen molar-refractivity contribution in [3.63, 3.8) is 0 Å². The van der Waals surface area contributed by atoms with Crippen molar-refractivity contribution in [3.05, 3.63) is 54.0 Å². The number of likely N-dealkylation sites (tertiary alicyclic amines) is 1. The molecule has 3 rings (SSSR count). The summed E-state index contributed by atoms with van der Waals surface area (Å²) < 4.78 is 0. The molecule has 0 bridgehead atoms. The number of aliphatic hydroxyl groups excluding tert-OH is 1. The second-order valence-corrected chi connectivity index (χ2v) is 6.25. The van der Waals surface area contributed by atoms with Crippen LogP contribution in [0.25, 0.3) is 0 Å². The zero-order chi connectivity index (χ0) is 16.1. The average Bonchev–Trinajstić information content (AvgIpc) is 2.56. The summed E-state index contributed by atoms with van der Waals surface area (Å²) in [5.41, 5.74) is 2.27. The predicted molar refractivity (Wildman–Crippen MR) is 91.1 cm³/mol. The third-order valence-electron chi connectivity index (χ3n) is 4.46. The summed E-state index contributed by atoms with van der Waals surface area (Å²) >= 11 is 0. The zero-order valence-corrected chi connectivity index (χ0v) is 13.5. The normalized spacial score (nSPS) is 22.0. The summed E-state index contributed by atoms with van der Waals surface area (Å²) in [6, 6.07) is 12.7. The van der Waals surface area contributed by atoms with E-state index in [0.29, 0.717) is 0 Å². The lowest BCUT2D eigenvalue weighted by atomic mass is 9.92. The van der Waals surface area contributed by atoms with Crippen molar-refractivity contribution in [1.29, 1.82) is 0 Å². The molecule has 122 valence electrons. The van der Waals surface area contributed by atoms with Gasteiger partial charge in [-0.3, -0.25) is 4.90 Å². The fourth-order valence-electron chi connectivity index (χ4n) is 3.16. The quantitative estimate of drug-likeness (QED) is 0.885. The van der Waals surface area contributed by atoms with Crippen molar-refractivity contribution >= 4 is 5.82 Å². The maximum atomic E-state index is 9.68. The molecule has 0 aliphatic carbocycles. The Balaban J connectivity index is 1.66. The van der Waals surface area contributed by atoms with E-state index in [1.165, 1.54) is 5.56 Å². The highest BCUT2D eigenvalue weighted by molar-refractivity contribution is 5.36. The van der Waals surface area contributed by atoms with Gasteiger partial charge in [-0.2, -0.15) is 0 Å². The monoisotopic (exact) mass is 312 g/mol. The Labute approximate surface area is 137 Å². The first-order valence-electron chi connectivity index (χ1n) is 8.17. The number of piperidine rings is 1. The molecule has 1 aliphatic rings. The number of hydrogen-bond acceptors (Lipinski definition) is 5. The number of nitrogens with zero attached hydrogens (tertiary/aromatic N) is 3. The molecule has 1 aliphatic heterocycles. The molecule has 1 saturated heterocycles. The van der Waals surface area contributed by atoms with Crippen molar-refractivity contribution in [1.82, 2.24) is 14.9 Å². The molecule has 2 aromatic rings. The minimum Gasteiger partial charge on any atom is -0.396 e. The Bertz CT molecular complexity index is 619. The molecule has 1 fully saturated rings. The van der Waals surface area contributed by atoms with E-state index in [2.05, 4.69) is 44.5 Å². The maximum Gasteiger partial charge on any atom is 0.129 e. The molecule has 0 saturated carbocycles. The molecular weight excluding hydrogens is 288 g/mol. The van der Waals surface area contributed by atoms with Gasteiger partial charge in [0.05, 0.1) is 0 Å². The van der Waals surface area contributed by atoms with Crippen LogP contribution in [0.5, 0.6) is 0 Å². The van der Waals surface area contributed by atoms with Gasteiger partial charge < -0.3 is 10.4 Å². The van der Waals surface area contributed by atoms with Gasteiger partial charge in [0.2, 0.25) is 0 Å². The summed E-state index contributed by atoms with van der Waals surface area (Å²) in [6.45, 7) is 5.03. The van der Waals surface area contributed by atoms with Crippen LogP contribution in [0.15, 0.2) is 42.7 Å². The van der Waals surface area contributed by atoms with Crippen LogP contribution >= 0.6 is 0 Å². The van der Waals surface area contributed by atoms with E-state index in [-0.39, 0.29) is 18.6 Å². The van der Waals surface area contributed by atoms with Crippen LogP contribution in [0.4, 0.5) is 5.82 Å². The van der Waals surface area contributed by atoms with Gasteiger partial charge in [-0.1, -0.05) is 30.3 Å². The Morgan fingerprint density at radius 1 is 1.26 bits per heavy atom. The highest BCUT2D eigenvalue weighted by atomic mass is 16.3. The van der Waals surface area contributed by atoms with Crippen LogP contribution in [0.2, 0.25) is 0 Å². The Kier molecular flexibility index (Phi) is 5.20. The van der Waals surface area contributed by atoms with Crippen molar-refractivity contribution in [2.75, 3.05) is 25.0 Å². The molecule has 2 heterocycles. The van der Waals surface area contributed by atoms with Crippen LogP contribution in [0.3, 0.4) is 0 Å². The van der Waals surface area contributed by atoms with Gasteiger partial charge in [0.25, 0.3) is 0 Å². The predicted octanol–water partition coefficient (Wildman–Crippen LogP) is 2.08. The van der Waals surface area contributed by atoms with Crippen molar-refractivity contribution in [3.8, 4) is 0 Å². The molecule has 0 spiro atoms. The Morgan fingerprint density at radius 2 is 2.09 bits per heavy atom. The molecule has 5 heteroatoms. The zero-order valence-electron chi connectivity index (χ0n) is 13.5. The van der Waals surface area contributed by atoms with Gasteiger partial charge in [-0.05, 0) is 25.5 Å². The second-order valence-electron chi connectivity index (χ2n) is 6.25. The number of hydrogen-bond donors (Lipinski definition) is 2. The summed E-state index contributed by atoms with van der Waals surface area (Å²) in [4.78, 5) is 10.9. The van der Waals surface area contributed by atoms with Crippen molar-refractivity contribution in [2.24, 2.45) is 5.92 Å². The number of aromatic nitrogens is 2. The van der Waals surface area contributed by atoms with Crippen LogP contribution in [-0.2, 0) is 6.54 Å². The third-order valence-corrected chi connectivity index (χ3v) is 4.46. The minimum atomic E-state index is 0.201. The topological polar surface area (TPSA) is 61.3 Å². The molecule has 23 heavy (non-hydrogen) atoms. The summed E-state index contributed by atoms with van der Waals surface area (Å²) in [7, 11) is 0. The van der Waals surface area contributed by atoms with Gasteiger partial charge in [0, 0.05) is 43.4 Å². The number of aryl methyl sites for hydroxylation is 1. The molecule has 0 radical (unpaired) electrons. The fourth-order valence-corrected chi connectivity index (χ4v) is 3.16. The third kappa shape index (κ3) is 4.27. The molecule has 1 aromatic carbocycles. The molecule has 0 amide bonds. The smallest absolute Gasteiger partial charge is 0.129 e. The first-order chi connectivity index (χ1) is 11.2. The molecular formula is C18H24N4O. The van der Waals surface area contributed by atoms with E-state index in [0.717, 1.165) is 37.6 Å². The standard InChI is InChI=1S/C18H24N4O/c1-14-9-18(20-13-19-14)21-17-11-22(8-7-16(17)12-23)10-15-5-3-2-4-6-15/h2-6,9,13,16-17,23H,7-8,10-12H2,1H3,(H,19,20,21). The first kappa shape index (κ1) is 15.9. The highest BCUT2D eigenvalue weighted by Gasteiger charge is 2.29. The van der Waals surface area contributed by atoms with E-state index in [1.54, 1.807) is 6.33 Å². The lowest BCUT2D eigenvalue weighted by Gasteiger charge is -2.38. The number of anilines is 1. The molecule has 1 aromatic heterocycles. The molecule has 2 atom stereocenters. The number of benzene rings is 1. The van der Waals surface area contributed by atoms with Crippen LogP contribution < -0.4 is 5.32 Å². The summed E-state index contributed by atoms with van der Waals surface area (Å²) in [5, 5.41) is 13.2. The summed E-state index contributed by atoms with van der Waals surface area (Å²) in [5.74, 6) is 1.10. The lowest BCUT2D eigenvalue weighted by Crippen LogP contribution is -2.48. The fraction of sp³-hybridized carbons (Fsp3) is 0.444. The van der Waals surface area contributed by atoms with E-state index < -0.39 is 0 Å². The Morgan fingerprint density at radius 3 is 2.83 bits per heavy atom.